The van der Waals surface area contributed by atoms with Crippen LogP contribution in [0.15, 0.2) is 47.0 Å². The number of rotatable bonds is 6. The van der Waals surface area contributed by atoms with Crippen molar-refractivity contribution in [2.75, 3.05) is 0 Å². The van der Waals surface area contributed by atoms with Gasteiger partial charge < -0.3 is 14.6 Å². The van der Waals surface area contributed by atoms with Crippen molar-refractivity contribution in [1.82, 2.24) is 15.5 Å². The van der Waals surface area contributed by atoms with E-state index in [9.17, 15) is 4.79 Å². The molecule has 150 valence electrons. The van der Waals surface area contributed by atoms with E-state index in [4.69, 9.17) is 9.26 Å². The summed E-state index contributed by atoms with van der Waals surface area (Å²) < 4.78 is 11.1. The normalized spacial score (nSPS) is 14.1. The number of hydrogen-bond donors (Lipinski definition) is 1. The average Bonchev–Trinajstić information content (AvgIpc) is 3.21. The van der Waals surface area contributed by atoms with Gasteiger partial charge in [-0.1, -0.05) is 35.0 Å². The Hall–Kier alpha value is -3.15. The zero-order chi connectivity index (χ0) is 20.2. The SMILES string of the molecule is Cc1cccc(-c2noc(CNC(=O)[C@@H](C)Oc3ccc4c(c3)CCCC4)n2)c1. The molecule has 1 atom stereocenters. The molecule has 0 bridgehead atoms. The Bertz CT molecular complexity index is 1010. The van der Waals surface area contributed by atoms with Crippen LogP contribution in [0.25, 0.3) is 11.4 Å². The van der Waals surface area contributed by atoms with Gasteiger partial charge in [0, 0.05) is 5.56 Å². The standard InChI is InChI=1S/C23H25N3O3/c1-15-6-5-9-19(12-15)22-25-21(29-26-22)14-24-23(27)16(2)28-20-11-10-17-7-3-4-8-18(17)13-20/h5-6,9-13,16H,3-4,7-8,14H2,1-2H3,(H,24,27)/t16-/m1/s1. The fourth-order valence-electron chi connectivity index (χ4n) is 3.58. The van der Waals surface area contributed by atoms with Gasteiger partial charge in [-0.2, -0.15) is 4.98 Å². The molecule has 6 nitrogen and oxygen atoms in total. The van der Waals surface area contributed by atoms with Gasteiger partial charge in [-0.25, -0.2) is 0 Å². The van der Waals surface area contributed by atoms with E-state index in [0.717, 1.165) is 29.7 Å². The third-order valence-electron chi connectivity index (χ3n) is 5.16. The summed E-state index contributed by atoms with van der Waals surface area (Å²) in [4.78, 5) is 16.8. The smallest absolute Gasteiger partial charge is 0.261 e. The number of nitrogens with zero attached hydrogens (tertiary/aromatic N) is 2. The van der Waals surface area contributed by atoms with Crippen LogP contribution in [-0.2, 0) is 24.2 Å². The molecule has 4 rings (SSSR count). The van der Waals surface area contributed by atoms with Gasteiger partial charge in [0.15, 0.2) is 6.10 Å². The van der Waals surface area contributed by atoms with Crippen molar-refractivity contribution in [3.05, 3.63) is 65.0 Å². The fourth-order valence-corrected chi connectivity index (χ4v) is 3.58. The van der Waals surface area contributed by atoms with Gasteiger partial charge in [0.05, 0.1) is 6.54 Å². The lowest BCUT2D eigenvalue weighted by Crippen LogP contribution is -2.36. The second-order valence-electron chi connectivity index (χ2n) is 7.50. The maximum Gasteiger partial charge on any atom is 0.261 e. The van der Waals surface area contributed by atoms with Gasteiger partial charge >= 0.3 is 0 Å². The van der Waals surface area contributed by atoms with E-state index in [0.29, 0.717) is 11.7 Å². The highest BCUT2D eigenvalue weighted by Crippen LogP contribution is 2.26. The summed E-state index contributed by atoms with van der Waals surface area (Å²) >= 11 is 0. The van der Waals surface area contributed by atoms with Crippen LogP contribution in [0.2, 0.25) is 0 Å². The molecule has 0 fully saturated rings. The molecule has 0 saturated carbocycles. The van der Waals surface area contributed by atoms with Crippen molar-refractivity contribution < 1.29 is 14.1 Å². The highest BCUT2D eigenvalue weighted by Gasteiger charge is 2.17. The Morgan fingerprint density at radius 2 is 2.00 bits per heavy atom. The lowest BCUT2D eigenvalue weighted by atomic mass is 9.92. The van der Waals surface area contributed by atoms with Crippen LogP contribution in [-0.4, -0.2) is 22.2 Å². The molecule has 3 aromatic rings. The maximum atomic E-state index is 12.4. The van der Waals surface area contributed by atoms with E-state index in [1.54, 1.807) is 6.92 Å². The van der Waals surface area contributed by atoms with E-state index in [2.05, 4.69) is 27.6 Å². The van der Waals surface area contributed by atoms with Crippen molar-refractivity contribution in [2.24, 2.45) is 0 Å². The number of ether oxygens (including phenoxy) is 1. The molecule has 1 amide bonds. The lowest BCUT2D eigenvalue weighted by molar-refractivity contribution is -0.127. The molecule has 0 unspecified atom stereocenters. The van der Waals surface area contributed by atoms with Crippen molar-refractivity contribution >= 4 is 5.91 Å². The number of fused-ring (bicyclic) bond motifs is 1. The molecular formula is C23H25N3O3. The molecule has 6 heteroatoms. The Kier molecular flexibility index (Phi) is 5.60. The van der Waals surface area contributed by atoms with Crippen molar-refractivity contribution in [3.63, 3.8) is 0 Å². The first-order chi connectivity index (χ1) is 14.1. The third-order valence-corrected chi connectivity index (χ3v) is 5.16. The van der Waals surface area contributed by atoms with E-state index in [1.165, 1.54) is 24.0 Å². The number of nitrogens with one attached hydrogen (secondary N) is 1. The summed E-state index contributed by atoms with van der Waals surface area (Å²) in [6, 6.07) is 14.0. The molecule has 1 aliphatic carbocycles. The summed E-state index contributed by atoms with van der Waals surface area (Å²) in [6.45, 7) is 3.91. The summed E-state index contributed by atoms with van der Waals surface area (Å²) in [6.07, 6.45) is 4.04. The predicted octanol–water partition coefficient (Wildman–Crippen LogP) is 4.01. The van der Waals surface area contributed by atoms with Crippen molar-refractivity contribution in [1.29, 1.82) is 0 Å². The molecule has 1 N–H and O–H groups in total. The zero-order valence-corrected chi connectivity index (χ0v) is 16.8. The van der Waals surface area contributed by atoms with Crippen LogP contribution >= 0.6 is 0 Å². The van der Waals surface area contributed by atoms with Gasteiger partial charge in [0.2, 0.25) is 11.7 Å². The Morgan fingerprint density at radius 1 is 1.17 bits per heavy atom. The van der Waals surface area contributed by atoms with Gasteiger partial charge in [-0.05, 0) is 68.9 Å². The number of benzene rings is 2. The fraction of sp³-hybridized carbons (Fsp3) is 0.348. The van der Waals surface area contributed by atoms with Crippen LogP contribution in [0.4, 0.5) is 0 Å². The highest BCUT2D eigenvalue weighted by atomic mass is 16.5. The first-order valence-corrected chi connectivity index (χ1v) is 10.0. The molecule has 2 aromatic carbocycles. The summed E-state index contributed by atoms with van der Waals surface area (Å²) in [5.74, 6) is 1.37. The van der Waals surface area contributed by atoms with Gasteiger partial charge in [0.1, 0.15) is 5.75 Å². The number of amides is 1. The second-order valence-corrected chi connectivity index (χ2v) is 7.50. The van der Waals surface area contributed by atoms with E-state index >= 15 is 0 Å². The number of aromatic nitrogens is 2. The molecule has 0 radical (unpaired) electrons. The first-order valence-electron chi connectivity index (χ1n) is 10.0. The average molecular weight is 391 g/mol. The van der Waals surface area contributed by atoms with Crippen molar-refractivity contribution in [3.8, 4) is 17.1 Å². The Balaban J connectivity index is 1.32. The van der Waals surface area contributed by atoms with Gasteiger partial charge in [-0.15, -0.1) is 0 Å². The lowest BCUT2D eigenvalue weighted by Gasteiger charge is -2.19. The zero-order valence-electron chi connectivity index (χ0n) is 16.8. The molecule has 0 aliphatic heterocycles. The van der Waals surface area contributed by atoms with Crippen LogP contribution in [0, 0.1) is 6.92 Å². The summed E-state index contributed by atoms with van der Waals surface area (Å²) in [5, 5.41) is 6.79. The van der Waals surface area contributed by atoms with Crippen molar-refractivity contribution in [2.45, 2.75) is 52.2 Å². The van der Waals surface area contributed by atoms with Crippen LogP contribution in [0.1, 0.15) is 42.3 Å². The quantitative estimate of drug-likeness (QED) is 0.687. The molecule has 1 aliphatic rings. The number of aryl methyl sites for hydroxylation is 3. The second kappa shape index (κ2) is 8.47. The summed E-state index contributed by atoms with van der Waals surface area (Å²) in [7, 11) is 0. The van der Waals surface area contributed by atoms with Gasteiger partial charge in [-0.3, -0.25) is 4.79 Å². The molecule has 0 saturated heterocycles. The first kappa shape index (κ1) is 19.2. The Labute approximate surface area is 170 Å². The Morgan fingerprint density at radius 3 is 2.83 bits per heavy atom. The van der Waals surface area contributed by atoms with E-state index in [-0.39, 0.29) is 12.5 Å². The van der Waals surface area contributed by atoms with Crippen LogP contribution in [0.3, 0.4) is 0 Å². The van der Waals surface area contributed by atoms with Crippen LogP contribution < -0.4 is 10.1 Å². The largest absolute Gasteiger partial charge is 0.481 e. The number of carbonyl (C=O) groups excluding carboxylic acids is 1. The number of hydrogen-bond acceptors (Lipinski definition) is 5. The molecule has 29 heavy (non-hydrogen) atoms. The molecule has 1 heterocycles. The predicted molar refractivity (Wildman–Crippen MR) is 109 cm³/mol. The minimum atomic E-state index is -0.615. The monoisotopic (exact) mass is 391 g/mol. The minimum Gasteiger partial charge on any atom is -0.481 e. The minimum absolute atomic E-state index is 0.162. The molecule has 0 spiro atoms. The molecular weight excluding hydrogens is 366 g/mol. The number of carbonyl (C=O) groups is 1. The highest BCUT2D eigenvalue weighted by molar-refractivity contribution is 5.80. The third kappa shape index (κ3) is 4.65. The topological polar surface area (TPSA) is 77.2 Å². The summed E-state index contributed by atoms with van der Waals surface area (Å²) in [5.41, 5.74) is 4.73. The van der Waals surface area contributed by atoms with Crippen LogP contribution in [0.5, 0.6) is 5.75 Å². The van der Waals surface area contributed by atoms with E-state index in [1.807, 2.05) is 37.3 Å². The molecule has 1 aromatic heterocycles. The van der Waals surface area contributed by atoms with Gasteiger partial charge in [0.25, 0.3) is 5.91 Å². The maximum absolute atomic E-state index is 12.4. The van der Waals surface area contributed by atoms with E-state index < -0.39 is 6.10 Å².